The van der Waals surface area contributed by atoms with Crippen LogP contribution in [0.1, 0.15) is 0 Å². The van der Waals surface area contributed by atoms with Gasteiger partial charge in [-0.2, -0.15) is 0 Å². The third-order valence-electron chi connectivity index (χ3n) is 2.31. The summed E-state index contributed by atoms with van der Waals surface area (Å²) in [5.41, 5.74) is -7.70. The van der Waals surface area contributed by atoms with Crippen molar-refractivity contribution >= 4 is 0 Å². The average molecular weight is 240 g/mol. The number of alkyl halides is 2. The van der Waals surface area contributed by atoms with Gasteiger partial charge in [-0.1, -0.05) is 13.2 Å². The van der Waals surface area contributed by atoms with Gasteiger partial charge in [0.2, 0.25) is 11.3 Å². The Morgan fingerprint density at radius 3 is 1.19 bits per heavy atom. The zero-order chi connectivity index (χ0) is 12.7. The van der Waals surface area contributed by atoms with Crippen LogP contribution in [-0.2, 0) is 0 Å². The van der Waals surface area contributed by atoms with Crippen molar-refractivity contribution < 1.29 is 26.3 Å². The molecule has 0 aromatic carbocycles. The van der Waals surface area contributed by atoms with Crippen molar-refractivity contribution in [1.29, 1.82) is 0 Å². The van der Waals surface area contributed by atoms with E-state index in [4.69, 9.17) is 0 Å². The molecular weight excluding hydrogens is 234 g/mol. The monoisotopic (exact) mass is 240 g/mol. The quantitative estimate of drug-likeness (QED) is 0.503. The van der Waals surface area contributed by atoms with Crippen LogP contribution in [0.15, 0.2) is 48.6 Å². The lowest BCUT2D eigenvalue weighted by atomic mass is 9.80. The molecule has 0 amide bonds. The Kier molecular flexibility index (Phi) is 2.79. The molecule has 0 saturated carbocycles. The first-order chi connectivity index (χ1) is 7.26. The van der Waals surface area contributed by atoms with Gasteiger partial charge in [-0.3, -0.25) is 0 Å². The zero-order valence-corrected chi connectivity index (χ0v) is 7.84. The fourth-order valence-corrected chi connectivity index (χ4v) is 1.31. The van der Waals surface area contributed by atoms with Crippen LogP contribution < -0.4 is 0 Å². The average Bonchev–Trinajstić information content (AvgIpc) is 2.31. The Morgan fingerprint density at radius 1 is 0.750 bits per heavy atom. The molecule has 0 bridgehead atoms. The maximum Gasteiger partial charge on any atom is 0.226 e. The smallest absolute Gasteiger partial charge is 0.226 e. The summed E-state index contributed by atoms with van der Waals surface area (Å²) in [5.74, 6) is -9.67. The molecule has 2 atom stereocenters. The Hall–Kier alpha value is -1.46. The van der Waals surface area contributed by atoms with E-state index in [0.29, 0.717) is 0 Å². The molecule has 1 aliphatic carbocycles. The third-order valence-corrected chi connectivity index (χ3v) is 2.31. The molecule has 0 heterocycles. The van der Waals surface area contributed by atoms with Crippen molar-refractivity contribution in [2.75, 3.05) is 0 Å². The molecule has 2 unspecified atom stereocenters. The minimum atomic E-state index is -3.85. The molecular formula is C10H6F6. The summed E-state index contributed by atoms with van der Waals surface area (Å²) in [6.45, 7) is 5.46. The van der Waals surface area contributed by atoms with Crippen LogP contribution in [0.4, 0.5) is 26.3 Å². The van der Waals surface area contributed by atoms with Gasteiger partial charge < -0.3 is 0 Å². The van der Waals surface area contributed by atoms with Crippen LogP contribution in [0.3, 0.4) is 0 Å². The maximum atomic E-state index is 13.7. The van der Waals surface area contributed by atoms with Gasteiger partial charge in [0.1, 0.15) is 0 Å². The molecule has 0 saturated heterocycles. The molecule has 16 heavy (non-hydrogen) atoms. The molecule has 0 N–H and O–H groups in total. The SMILES string of the molecule is C=CC1(F)C(F)=C(F)C(F)=C(F)C1(F)C=C. The van der Waals surface area contributed by atoms with Crippen LogP contribution in [-0.4, -0.2) is 11.3 Å². The minimum Gasteiger partial charge on any atom is -0.227 e. The van der Waals surface area contributed by atoms with Crippen LogP contribution in [0, 0.1) is 0 Å². The highest BCUT2D eigenvalue weighted by Crippen LogP contribution is 2.52. The van der Waals surface area contributed by atoms with Crippen molar-refractivity contribution in [3.05, 3.63) is 48.6 Å². The van der Waals surface area contributed by atoms with Crippen molar-refractivity contribution in [3.63, 3.8) is 0 Å². The maximum absolute atomic E-state index is 13.7. The molecule has 1 aliphatic rings. The summed E-state index contributed by atoms with van der Waals surface area (Å²) in [5, 5.41) is 0. The van der Waals surface area contributed by atoms with Crippen molar-refractivity contribution in [3.8, 4) is 0 Å². The van der Waals surface area contributed by atoms with Gasteiger partial charge in [-0.25, -0.2) is 26.3 Å². The number of allylic oxidation sites excluding steroid dienone is 6. The number of hydrogen-bond donors (Lipinski definition) is 0. The first-order valence-electron chi connectivity index (χ1n) is 4.03. The summed E-state index contributed by atoms with van der Waals surface area (Å²) in [6, 6.07) is 0. The number of hydrogen-bond acceptors (Lipinski definition) is 0. The van der Waals surface area contributed by atoms with E-state index in [2.05, 4.69) is 13.2 Å². The Balaban J connectivity index is 3.66. The number of rotatable bonds is 2. The lowest BCUT2D eigenvalue weighted by molar-refractivity contribution is 0.0419. The Bertz CT molecular complexity index is 381. The van der Waals surface area contributed by atoms with Gasteiger partial charge >= 0.3 is 0 Å². The Morgan fingerprint density at radius 2 is 1.00 bits per heavy atom. The summed E-state index contributed by atoms with van der Waals surface area (Å²) >= 11 is 0. The highest BCUT2D eigenvalue weighted by atomic mass is 19.2. The van der Waals surface area contributed by atoms with Gasteiger partial charge in [0, 0.05) is 0 Å². The van der Waals surface area contributed by atoms with E-state index in [0.717, 1.165) is 0 Å². The first kappa shape index (κ1) is 12.6. The fourth-order valence-electron chi connectivity index (χ4n) is 1.31. The van der Waals surface area contributed by atoms with Crippen molar-refractivity contribution in [1.82, 2.24) is 0 Å². The predicted molar refractivity (Wildman–Crippen MR) is 46.6 cm³/mol. The molecule has 0 aromatic heterocycles. The van der Waals surface area contributed by atoms with Crippen molar-refractivity contribution in [2.24, 2.45) is 0 Å². The molecule has 6 heteroatoms. The van der Waals surface area contributed by atoms with E-state index >= 15 is 0 Å². The van der Waals surface area contributed by atoms with E-state index < -0.39 is 34.6 Å². The van der Waals surface area contributed by atoms with Crippen LogP contribution in [0.25, 0.3) is 0 Å². The second-order valence-electron chi connectivity index (χ2n) is 3.09. The molecule has 88 valence electrons. The molecule has 0 fully saturated rings. The van der Waals surface area contributed by atoms with E-state index in [9.17, 15) is 26.3 Å². The predicted octanol–water partition coefficient (Wildman–Crippen LogP) is 4.09. The fraction of sp³-hybridized carbons (Fsp3) is 0.200. The summed E-state index contributed by atoms with van der Waals surface area (Å²) in [7, 11) is 0. The van der Waals surface area contributed by atoms with Gasteiger partial charge in [-0.15, -0.1) is 0 Å². The zero-order valence-electron chi connectivity index (χ0n) is 7.84. The highest BCUT2D eigenvalue weighted by Gasteiger charge is 2.62. The molecule has 0 radical (unpaired) electrons. The van der Waals surface area contributed by atoms with Crippen LogP contribution >= 0.6 is 0 Å². The number of halogens is 6. The largest absolute Gasteiger partial charge is 0.227 e. The van der Waals surface area contributed by atoms with Gasteiger partial charge in [-0.05, 0) is 12.2 Å². The second kappa shape index (κ2) is 3.54. The summed E-state index contributed by atoms with van der Waals surface area (Å²) in [6.07, 6.45) is 0.0191. The summed E-state index contributed by atoms with van der Waals surface area (Å²) < 4.78 is 79.1. The van der Waals surface area contributed by atoms with E-state index in [1.54, 1.807) is 0 Å². The molecule has 0 aromatic rings. The normalized spacial score (nSPS) is 35.4. The lowest BCUT2D eigenvalue weighted by Gasteiger charge is -2.35. The first-order valence-corrected chi connectivity index (χ1v) is 4.03. The van der Waals surface area contributed by atoms with Gasteiger partial charge in [0.15, 0.2) is 23.3 Å². The molecule has 0 aliphatic heterocycles. The van der Waals surface area contributed by atoms with Gasteiger partial charge in [0.05, 0.1) is 0 Å². The lowest BCUT2D eigenvalue weighted by Crippen LogP contribution is -2.48. The van der Waals surface area contributed by atoms with Gasteiger partial charge in [0.25, 0.3) is 0 Å². The molecule has 0 spiro atoms. The van der Waals surface area contributed by atoms with E-state index in [1.165, 1.54) is 0 Å². The highest BCUT2D eigenvalue weighted by molar-refractivity contribution is 5.49. The summed E-state index contributed by atoms with van der Waals surface area (Å²) in [4.78, 5) is 0. The topological polar surface area (TPSA) is 0 Å². The molecule has 0 nitrogen and oxygen atoms in total. The molecule has 1 rings (SSSR count). The second-order valence-corrected chi connectivity index (χ2v) is 3.09. The van der Waals surface area contributed by atoms with E-state index in [1.807, 2.05) is 0 Å². The third kappa shape index (κ3) is 1.19. The standard InChI is InChI=1S/C10H6F6/c1-3-9(15)7(13)5(11)6(12)8(14)10(9,16)4-2/h3-4H,1-2H2. The van der Waals surface area contributed by atoms with Crippen LogP contribution in [0.5, 0.6) is 0 Å². The van der Waals surface area contributed by atoms with E-state index in [-0.39, 0.29) is 12.2 Å². The van der Waals surface area contributed by atoms with Crippen molar-refractivity contribution in [2.45, 2.75) is 11.3 Å². The Labute approximate surface area is 87.3 Å². The van der Waals surface area contributed by atoms with Crippen LogP contribution in [0.2, 0.25) is 0 Å². The minimum absolute atomic E-state index is 0.00954.